The topological polar surface area (TPSA) is 73.8 Å². The molecule has 5 nitrogen and oxygen atoms in total. The molecule has 5 aromatic rings. The van der Waals surface area contributed by atoms with E-state index in [1.165, 1.54) is 6.20 Å². The highest BCUT2D eigenvalue weighted by Crippen LogP contribution is 2.43. The number of nitrogens with two attached hydrogens (primary N) is 1. The summed E-state index contributed by atoms with van der Waals surface area (Å²) in [6, 6.07) is 31.0. The van der Waals surface area contributed by atoms with Gasteiger partial charge in [0.15, 0.2) is 6.17 Å². The molecule has 0 saturated heterocycles. The highest BCUT2D eigenvalue weighted by molar-refractivity contribution is 5.84. The third-order valence-electron chi connectivity index (χ3n) is 6.33. The van der Waals surface area contributed by atoms with Gasteiger partial charge in [-0.15, -0.1) is 0 Å². The molecular weight excluding hydrogens is 458 g/mol. The van der Waals surface area contributed by atoms with Crippen molar-refractivity contribution in [3.8, 4) is 0 Å². The van der Waals surface area contributed by atoms with Gasteiger partial charge in [0.25, 0.3) is 0 Å². The number of hydrogen-bond donors (Lipinski definition) is 1. The summed E-state index contributed by atoms with van der Waals surface area (Å²) in [5.41, 5.74) is 7.91. The van der Waals surface area contributed by atoms with Gasteiger partial charge in [-0.25, -0.2) is 13.5 Å². The zero-order valence-corrected chi connectivity index (χ0v) is 19.4. The van der Waals surface area contributed by atoms with Gasteiger partial charge >= 0.3 is 0 Å². The zero-order chi connectivity index (χ0) is 25.1. The Morgan fingerprint density at radius 1 is 0.889 bits per heavy atom. The number of pyridine rings is 1. The van der Waals surface area contributed by atoms with Crippen LogP contribution in [-0.4, -0.2) is 27.3 Å². The first kappa shape index (κ1) is 23.4. The molecule has 7 heteroatoms. The van der Waals surface area contributed by atoms with E-state index < -0.39 is 24.3 Å². The Kier molecular flexibility index (Phi) is 6.29. The van der Waals surface area contributed by atoms with Gasteiger partial charge < -0.3 is 5.73 Å². The molecular formula is C29H24F2N4O. The highest BCUT2D eigenvalue weighted by atomic mass is 19.2. The number of fused-ring (bicyclic) bond motifs is 1. The lowest BCUT2D eigenvalue weighted by atomic mass is 9.77. The Hall–Kier alpha value is -4.39. The summed E-state index contributed by atoms with van der Waals surface area (Å²) >= 11 is 0. The molecule has 3 aromatic carbocycles. The number of hydrogen-bond acceptors (Lipinski definition) is 3. The van der Waals surface area contributed by atoms with Crippen molar-refractivity contribution in [2.75, 3.05) is 6.67 Å². The van der Waals surface area contributed by atoms with E-state index in [1.54, 1.807) is 10.7 Å². The average Bonchev–Trinajstić information content (AvgIpc) is 3.29. The number of aromatic nitrogens is 3. The summed E-state index contributed by atoms with van der Waals surface area (Å²) in [6.07, 6.45) is -0.578. The lowest BCUT2D eigenvalue weighted by Gasteiger charge is -2.37. The Morgan fingerprint density at radius 3 is 1.83 bits per heavy atom. The van der Waals surface area contributed by atoms with E-state index in [0.29, 0.717) is 16.6 Å². The molecule has 180 valence electrons. The maximum Gasteiger partial charge on any atom is 0.223 e. The fourth-order valence-electron chi connectivity index (χ4n) is 4.81. The SMILES string of the molecule is NC(=O)Cc1cc2c(cn1)c(C(F)CF)nn2C(c1ccccc1)(c1ccccc1)c1ccccc1. The van der Waals surface area contributed by atoms with E-state index in [4.69, 9.17) is 10.8 Å². The van der Waals surface area contributed by atoms with Crippen LogP contribution in [0.4, 0.5) is 8.78 Å². The number of nitrogens with zero attached hydrogens (tertiary/aromatic N) is 3. The van der Waals surface area contributed by atoms with Crippen LogP contribution >= 0.6 is 0 Å². The van der Waals surface area contributed by atoms with Gasteiger partial charge in [-0.2, -0.15) is 5.10 Å². The van der Waals surface area contributed by atoms with Crippen molar-refractivity contribution in [3.63, 3.8) is 0 Å². The lowest BCUT2D eigenvalue weighted by molar-refractivity contribution is -0.117. The maximum absolute atomic E-state index is 15.0. The summed E-state index contributed by atoms with van der Waals surface area (Å²) in [5, 5.41) is 5.10. The van der Waals surface area contributed by atoms with Crippen LogP contribution in [0.15, 0.2) is 103 Å². The molecule has 0 spiro atoms. The number of carbonyl (C=O) groups excluding carboxylic acids is 1. The van der Waals surface area contributed by atoms with Crippen molar-refractivity contribution in [2.24, 2.45) is 5.73 Å². The number of halogens is 2. The van der Waals surface area contributed by atoms with Crippen LogP contribution < -0.4 is 5.73 Å². The standard InChI is InChI=1S/C29H24F2N4O/c30-18-25(31)28-24-19-33-23(17-27(32)36)16-26(24)35(34-28)29(20-10-4-1-5-11-20,21-12-6-2-7-13-21)22-14-8-3-9-15-22/h1-16,19,25H,17-18H2,(H2,32,36). The first-order valence-corrected chi connectivity index (χ1v) is 11.6. The van der Waals surface area contributed by atoms with Crippen molar-refractivity contribution in [1.82, 2.24) is 14.8 Å². The zero-order valence-electron chi connectivity index (χ0n) is 19.4. The van der Waals surface area contributed by atoms with Gasteiger partial charge in [0.05, 0.1) is 17.6 Å². The van der Waals surface area contributed by atoms with Gasteiger partial charge in [-0.05, 0) is 22.8 Å². The summed E-state index contributed by atoms with van der Waals surface area (Å²) in [4.78, 5) is 16.0. The van der Waals surface area contributed by atoms with Gasteiger partial charge in [-0.1, -0.05) is 91.0 Å². The third-order valence-corrected chi connectivity index (χ3v) is 6.33. The van der Waals surface area contributed by atoms with Gasteiger partial charge in [-0.3, -0.25) is 9.78 Å². The van der Waals surface area contributed by atoms with E-state index >= 15 is 0 Å². The molecule has 2 heterocycles. The first-order chi connectivity index (χ1) is 17.6. The summed E-state index contributed by atoms with van der Waals surface area (Å²) in [6.45, 7) is -1.22. The van der Waals surface area contributed by atoms with E-state index in [0.717, 1.165) is 16.7 Å². The minimum Gasteiger partial charge on any atom is -0.369 e. The smallest absolute Gasteiger partial charge is 0.223 e. The summed E-state index contributed by atoms with van der Waals surface area (Å²) in [5.74, 6) is -0.541. The molecule has 0 bridgehead atoms. The van der Waals surface area contributed by atoms with Crippen LogP contribution in [-0.2, 0) is 16.8 Å². The van der Waals surface area contributed by atoms with E-state index in [2.05, 4.69) is 4.98 Å². The number of amides is 1. The molecule has 0 aliphatic heterocycles. The van der Waals surface area contributed by atoms with E-state index in [1.807, 2.05) is 91.0 Å². The van der Waals surface area contributed by atoms with Crippen LogP contribution in [0.5, 0.6) is 0 Å². The van der Waals surface area contributed by atoms with Gasteiger partial charge in [0, 0.05) is 11.6 Å². The molecule has 2 N–H and O–H groups in total. The Balaban J connectivity index is 1.96. The molecule has 1 atom stereocenters. The van der Waals surface area contributed by atoms with E-state index in [-0.39, 0.29) is 12.1 Å². The second kappa shape index (κ2) is 9.70. The van der Waals surface area contributed by atoms with Gasteiger partial charge in [0.1, 0.15) is 17.9 Å². The van der Waals surface area contributed by atoms with Crippen LogP contribution in [0.3, 0.4) is 0 Å². The number of benzene rings is 3. The molecule has 0 saturated carbocycles. The Labute approximate surface area is 207 Å². The van der Waals surface area contributed by atoms with Crippen molar-refractivity contribution in [2.45, 2.75) is 18.1 Å². The van der Waals surface area contributed by atoms with Crippen LogP contribution in [0.2, 0.25) is 0 Å². The molecule has 0 aliphatic rings. The molecule has 5 rings (SSSR count). The minimum absolute atomic E-state index is 0.0437. The first-order valence-electron chi connectivity index (χ1n) is 11.6. The second-order valence-corrected chi connectivity index (χ2v) is 8.56. The molecule has 1 unspecified atom stereocenters. The molecule has 36 heavy (non-hydrogen) atoms. The lowest BCUT2D eigenvalue weighted by Crippen LogP contribution is -2.38. The van der Waals surface area contributed by atoms with Crippen molar-refractivity contribution in [1.29, 1.82) is 0 Å². The predicted octanol–water partition coefficient (Wildman–Crippen LogP) is 5.28. The summed E-state index contributed by atoms with van der Waals surface area (Å²) in [7, 11) is 0. The van der Waals surface area contributed by atoms with Crippen molar-refractivity contribution >= 4 is 16.8 Å². The number of alkyl halides is 2. The number of primary amides is 1. The molecule has 0 aliphatic carbocycles. The minimum atomic E-state index is -1.93. The fraction of sp³-hybridized carbons (Fsp3) is 0.138. The maximum atomic E-state index is 15.0. The molecule has 0 fully saturated rings. The summed E-state index contributed by atoms with van der Waals surface area (Å²) < 4.78 is 30.3. The van der Waals surface area contributed by atoms with Crippen LogP contribution in [0.25, 0.3) is 10.9 Å². The van der Waals surface area contributed by atoms with Crippen LogP contribution in [0, 0.1) is 0 Å². The molecule has 1 amide bonds. The third kappa shape index (κ3) is 3.92. The Morgan fingerprint density at radius 2 is 1.39 bits per heavy atom. The molecule has 0 radical (unpaired) electrons. The van der Waals surface area contributed by atoms with Crippen molar-refractivity contribution < 1.29 is 13.6 Å². The fourth-order valence-corrected chi connectivity index (χ4v) is 4.81. The average molecular weight is 483 g/mol. The molecule has 2 aromatic heterocycles. The number of rotatable bonds is 8. The number of carbonyl (C=O) groups is 1. The van der Waals surface area contributed by atoms with Crippen LogP contribution in [0.1, 0.15) is 34.2 Å². The largest absolute Gasteiger partial charge is 0.369 e. The monoisotopic (exact) mass is 482 g/mol. The predicted molar refractivity (Wildman–Crippen MR) is 135 cm³/mol. The highest BCUT2D eigenvalue weighted by Gasteiger charge is 2.41. The van der Waals surface area contributed by atoms with Gasteiger partial charge in [0.2, 0.25) is 5.91 Å². The van der Waals surface area contributed by atoms with Crippen molar-refractivity contribution in [3.05, 3.63) is 131 Å². The van der Waals surface area contributed by atoms with E-state index in [9.17, 15) is 13.6 Å². The normalized spacial score (nSPS) is 12.5. The quantitative estimate of drug-likeness (QED) is 0.306. The Bertz CT molecular complexity index is 1390. The second-order valence-electron chi connectivity index (χ2n) is 8.56.